The van der Waals surface area contributed by atoms with Gasteiger partial charge in [-0.2, -0.15) is 0 Å². The van der Waals surface area contributed by atoms with Gasteiger partial charge in [0.2, 0.25) is 0 Å². The summed E-state index contributed by atoms with van der Waals surface area (Å²) >= 11 is 1.34. The van der Waals surface area contributed by atoms with E-state index in [1.165, 1.54) is 28.6 Å². The molecule has 0 radical (unpaired) electrons. The highest BCUT2D eigenvalue weighted by molar-refractivity contribution is 7.98. The third-order valence-electron chi connectivity index (χ3n) is 2.25. The molecular formula is C10H10N4O3S. The third kappa shape index (κ3) is 2.59. The van der Waals surface area contributed by atoms with E-state index in [1.54, 1.807) is 13.1 Å². The largest absolute Gasteiger partial charge is 0.477 e. The molecule has 0 spiro atoms. The average molecular weight is 266 g/mol. The summed E-state index contributed by atoms with van der Waals surface area (Å²) in [5, 5.41) is 15.5. The van der Waals surface area contributed by atoms with E-state index in [4.69, 9.17) is 5.11 Å². The number of aromatic carboxylic acids is 1. The maximum absolute atomic E-state index is 11.1. The van der Waals surface area contributed by atoms with Crippen LogP contribution >= 0.6 is 11.8 Å². The average Bonchev–Trinajstić information content (AvgIpc) is 2.68. The molecule has 18 heavy (non-hydrogen) atoms. The minimum atomic E-state index is -1.06. The van der Waals surface area contributed by atoms with E-state index in [9.17, 15) is 9.59 Å². The van der Waals surface area contributed by atoms with Crippen LogP contribution in [0.15, 0.2) is 28.3 Å². The Kier molecular flexibility index (Phi) is 3.47. The zero-order chi connectivity index (χ0) is 13.1. The number of aromatic amines is 1. The Hall–Kier alpha value is -2.09. The van der Waals surface area contributed by atoms with Gasteiger partial charge in [-0.25, -0.2) is 19.7 Å². The summed E-state index contributed by atoms with van der Waals surface area (Å²) in [4.78, 5) is 25.6. The number of aromatic nitrogens is 4. The first-order valence-corrected chi connectivity index (χ1v) is 5.99. The van der Waals surface area contributed by atoms with Gasteiger partial charge in [-0.3, -0.25) is 4.57 Å². The molecule has 0 aromatic carbocycles. The molecule has 2 rings (SSSR count). The fraction of sp³-hybridized carbons (Fsp3) is 0.200. The summed E-state index contributed by atoms with van der Waals surface area (Å²) in [6, 6.07) is 3.23. The summed E-state index contributed by atoms with van der Waals surface area (Å²) < 4.78 is 1.39. The number of pyridine rings is 1. The Morgan fingerprint density at radius 3 is 3.00 bits per heavy atom. The molecule has 0 fully saturated rings. The molecule has 94 valence electrons. The van der Waals surface area contributed by atoms with Crippen molar-refractivity contribution >= 4 is 17.7 Å². The smallest absolute Gasteiger partial charge is 0.354 e. The Bertz CT molecular complexity index is 634. The van der Waals surface area contributed by atoms with Gasteiger partial charge in [0.1, 0.15) is 5.69 Å². The van der Waals surface area contributed by atoms with Crippen molar-refractivity contribution in [2.75, 3.05) is 0 Å². The van der Waals surface area contributed by atoms with Gasteiger partial charge in [0.05, 0.1) is 0 Å². The Labute approximate surface area is 106 Å². The lowest BCUT2D eigenvalue weighted by atomic mass is 10.2. The summed E-state index contributed by atoms with van der Waals surface area (Å²) in [5.41, 5.74) is 0.533. The molecule has 0 bridgehead atoms. The van der Waals surface area contributed by atoms with Crippen molar-refractivity contribution in [1.29, 1.82) is 0 Å². The molecule has 8 heteroatoms. The van der Waals surface area contributed by atoms with Crippen molar-refractivity contribution in [3.8, 4) is 0 Å². The predicted octanol–water partition coefficient (Wildman–Crippen LogP) is 0.494. The fourth-order valence-electron chi connectivity index (χ4n) is 1.29. The van der Waals surface area contributed by atoms with Crippen LogP contribution in [0, 0.1) is 0 Å². The highest BCUT2D eigenvalue weighted by atomic mass is 32.2. The number of carbonyl (C=O) groups is 1. The van der Waals surface area contributed by atoms with Crippen LogP contribution in [0.1, 0.15) is 16.1 Å². The summed E-state index contributed by atoms with van der Waals surface area (Å²) in [5.74, 6) is -0.546. The van der Waals surface area contributed by atoms with Gasteiger partial charge in [0, 0.05) is 19.0 Å². The zero-order valence-corrected chi connectivity index (χ0v) is 10.3. The maximum atomic E-state index is 11.1. The SMILES string of the molecule is Cn1c(SCc2ccnc(C(=O)O)c2)n[nH]c1=O. The van der Waals surface area contributed by atoms with Crippen molar-refractivity contribution in [1.82, 2.24) is 19.7 Å². The minimum absolute atomic E-state index is 0.00372. The Morgan fingerprint density at radius 2 is 2.39 bits per heavy atom. The van der Waals surface area contributed by atoms with Crippen molar-refractivity contribution in [2.45, 2.75) is 10.9 Å². The number of thioether (sulfide) groups is 1. The molecule has 0 aliphatic rings. The molecule has 0 aliphatic heterocycles. The molecule has 0 unspecified atom stereocenters. The van der Waals surface area contributed by atoms with Gasteiger partial charge in [-0.15, -0.1) is 5.10 Å². The summed E-state index contributed by atoms with van der Waals surface area (Å²) in [6.07, 6.45) is 1.45. The van der Waals surface area contributed by atoms with Crippen molar-refractivity contribution < 1.29 is 9.90 Å². The Morgan fingerprint density at radius 1 is 1.61 bits per heavy atom. The molecule has 7 nitrogen and oxygen atoms in total. The second-order valence-electron chi connectivity index (χ2n) is 3.51. The topological polar surface area (TPSA) is 101 Å². The predicted molar refractivity (Wildman–Crippen MR) is 64.6 cm³/mol. The second-order valence-corrected chi connectivity index (χ2v) is 4.46. The lowest BCUT2D eigenvalue weighted by molar-refractivity contribution is 0.0690. The molecule has 0 saturated heterocycles. The molecule has 0 saturated carbocycles. The van der Waals surface area contributed by atoms with Crippen LogP contribution in [0.4, 0.5) is 0 Å². The van der Waals surface area contributed by atoms with Gasteiger partial charge in [0.15, 0.2) is 5.16 Å². The van der Waals surface area contributed by atoms with E-state index >= 15 is 0 Å². The number of hydrogen-bond acceptors (Lipinski definition) is 5. The fourth-order valence-corrected chi connectivity index (χ4v) is 2.15. The van der Waals surface area contributed by atoms with Gasteiger partial charge in [-0.1, -0.05) is 11.8 Å². The van der Waals surface area contributed by atoms with Crippen LogP contribution in [0.5, 0.6) is 0 Å². The highest BCUT2D eigenvalue weighted by Gasteiger charge is 2.08. The summed E-state index contributed by atoms with van der Waals surface area (Å²) in [7, 11) is 1.61. The molecule has 2 aromatic rings. The number of hydrogen-bond donors (Lipinski definition) is 2. The highest BCUT2D eigenvalue weighted by Crippen LogP contribution is 2.18. The van der Waals surface area contributed by atoms with E-state index in [1.807, 2.05) is 0 Å². The first-order valence-electron chi connectivity index (χ1n) is 5.00. The molecule has 0 atom stereocenters. The standard InChI is InChI=1S/C10H10N4O3S/c1-14-9(17)12-13-10(14)18-5-6-2-3-11-7(4-6)8(15)16/h2-4H,5H2,1H3,(H,12,17)(H,15,16). The second kappa shape index (κ2) is 5.05. The number of carboxylic acids is 1. The zero-order valence-electron chi connectivity index (χ0n) is 9.45. The third-order valence-corrected chi connectivity index (χ3v) is 3.35. The monoisotopic (exact) mass is 266 g/mol. The van der Waals surface area contributed by atoms with E-state index in [-0.39, 0.29) is 11.4 Å². The van der Waals surface area contributed by atoms with Crippen LogP contribution in [0.25, 0.3) is 0 Å². The quantitative estimate of drug-likeness (QED) is 0.781. The van der Waals surface area contributed by atoms with Crippen LogP contribution in [-0.4, -0.2) is 30.8 Å². The van der Waals surface area contributed by atoms with Crippen LogP contribution < -0.4 is 5.69 Å². The van der Waals surface area contributed by atoms with Gasteiger partial charge >= 0.3 is 11.7 Å². The number of nitrogens with one attached hydrogen (secondary N) is 1. The molecule has 2 N–H and O–H groups in total. The Balaban J connectivity index is 2.11. The maximum Gasteiger partial charge on any atom is 0.354 e. The normalized spacial score (nSPS) is 10.5. The first kappa shape index (κ1) is 12.4. The minimum Gasteiger partial charge on any atom is -0.477 e. The van der Waals surface area contributed by atoms with E-state index in [0.29, 0.717) is 10.9 Å². The molecular weight excluding hydrogens is 256 g/mol. The van der Waals surface area contributed by atoms with Gasteiger partial charge < -0.3 is 5.11 Å². The number of H-pyrrole nitrogens is 1. The van der Waals surface area contributed by atoms with Crippen molar-refractivity contribution in [3.05, 3.63) is 40.1 Å². The number of carboxylic acid groups (broad SMARTS) is 1. The van der Waals surface area contributed by atoms with Crippen LogP contribution in [0.2, 0.25) is 0 Å². The molecule has 0 aliphatic carbocycles. The molecule has 2 heterocycles. The van der Waals surface area contributed by atoms with Crippen molar-refractivity contribution in [3.63, 3.8) is 0 Å². The summed E-state index contributed by atoms with van der Waals surface area (Å²) in [6.45, 7) is 0. The number of rotatable bonds is 4. The molecule has 0 amide bonds. The lowest BCUT2D eigenvalue weighted by Crippen LogP contribution is -2.12. The van der Waals surface area contributed by atoms with Gasteiger partial charge in [0.25, 0.3) is 0 Å². The van der Waals surface area contributed by atoms with E-state index in [0.717, 1.165) is 5.56 Å². The van der Waals surface area contributed by atoms with E-state index in [2.05, 4.69) is 15.2 Å². The van der Waals surface area contributed by atoms with E-state index < -0.39 is 5.97 Å². The van der Waals surface area contributed by atoms with Crippen molar-refractivity contribution in [2.24, 2.45) is 7.05 Å². The lowest BCUT2D eigenvalue weighted by Gasteiger charge is -2.01. The van der Waals surface area contributed by atoms with Crippen LogP contribution in [0.3, 0.4) is 0 Å². The van der Waals surface area contributed by atoms with Gasteiger partial charge in [-0.05, 0) is 17.7 Å². The van der Waals surface area contributed by atoms with Crippen LogP contribution in [-0.2, 0) is 12.8 Å². The number of nitrogens with zero attached hydrogens (tertiary/aromatic N) is 3. The first-order chi connectivity index (χ1) is 8.58. The molecule has 2 aromatic heterocycles.